The normalized spacial score (nSPS) is 11.5. The van der Waals surface area contributed by atoms with Crippen LogP contribution in [0.4, 0.5) is 13.2 Å². The van der Waals surface area contributed by atoms with E-state index in [4.69, 9.17) is 4.74 Å². The van der Waals surface area contributed by atoms with Crippen LogP contribution in [0.2, 0.25) is 0 Å². The fraction of sp³-hybridized carbons (Fsp3) is 0.400. The molecule has 15 heavy (non-hydrogen) atoms. The van der Waals surface area contributed by atoms with Crippen molar-refractivity contribution in [2.24, 2.45) is 0 Å². The number of methoxy groups -OCH3 is 1. The fourth-order valence-corrected chi connectivity index (χ4v) is 1.28. The van der Waals surface area contributed by atoms with Gasteiger partial charge in [0.2, 0.25) is 0 Å². The predicted octanol–water partition coefficient (Wildman–Crippen LogP) is 2.43. The van der Waals surface area contributed by atoms with Gasteiger partial charge in [0.25, 0.3) is 0 Å². The maximum Gasteiger partial charge on any atom is 0.416 e. The molecule has 0 saturated carbocycles. The lowest BCUT2D eigenvalue weighted by atomic mass is 10.1. The summed E-state index contributed by atoms with van der Waals surface area (Å²) in [6, 6.07) is 3.43. The van der Waals surface area contributed by atoms with Crippen LogP contribution >= 0.6 is 0 Å². The number of hydrogen-bond donors (Lipinski definition) is 1. The molecule has 0 bridgehead atoms. The molecule has 0 aliphatic carbocycles. The lowest BCUT2D eigenvalue weighted by Crippen LogP contribution is -2.10. The Morgan fingerprint density at radius 3 is 2.47 bits per heavy atom. The average Bonchev–Trinajstić information content (AvgIpc) is 2.17. The molecule has 0 spiro atoms. The second-order valence-electron chi connectivity index (χ2n) is 3.05. The third-order valence-corrected chi connectivity index (χ3v) is 1.97. The van der Waals surface area contributed by atoms with Gasteiger partial charge < -0.3 is 10.1 Å². The van der Waals surface area contributed by atoms with Gasteiger partial charge in [-0.25, -0.2) is 0 Å². The third kappa shape index (κ3) is 2.86. The van der Waals surface area contributed by atoms with Crippen LogP contribution in [-0.2, 0) is 12.7 Å². The molecule has 0 amide bonds. The van der Waals surface area contributed by atoms with Crippen LogP contribution in [0.5, 0.6) is 5.75 Å². The molecule has 5 heteroatoms. The number of nitrogens with one attached hydrogen (secondary N) is 1. The third-order valence-electron chi connectivity index (χ3n) is 1.97. The van der Waals surface area contributed by atoms with Crippen molar-refractivity contribution in [2.75, 3.05) is 14.2 Å². The lowest BCUT2D eigenvalue weighted by molar-refractivity contribution is -0.137. The Bertz CT molecular complexity index is 336. The fourth-order valence-electron chi connectivity index (χ4n) is 1.28. The Labute approximate surface area is 86.1 Å². The molecule has 1 rings (SSSR count). The number of halogens is 3. The minimum absolute atomic E-state index is 0.340. The Balaban J connectivity index is 3.10. The molecule has 84 valence electrons. The largest absolute Gasteiger partial charge is 0.496 e. The molecule has 0 fully saturated rings. The second-order valence-corrected chi connectivity index (χ2v) is 3.05. The zero-order chi connectivity index (χ0) is 11.5. The Morgan fingerprint density at radius 2 is 2.00 bits per heavy atom. The van der Waals surface area contributed by atoms with Gasteiger partial charge in [0.05, 0.1) is 12.7 Å². The summed E-state index contributed by atoms with van der Waals surface area (Å²) in [6.07, 6.45) is -4.31. The quantitative estimate of drug-likeness (QED) is 0.843. The van der Waals surface area contributed by atoms with Crippen molar-refractivity contribution >= 4 is 0 Å². The Kier molecular flexibility index (Phi) is 3.57. The SMILES string of the molecule is CNCc1cc(C(F)(F)F)ccc1OC. The highest BCUT2D eigenvalue weighted by Crippen LogP contribution is 2.32. The zero-order valence-electron chi connectivity index (χ0n) is 8.48. The van der Waals surface area contributed by atoms with Crippen LogP contribution in [0.25, 0.3) is 0 Å². The zero-order valence-corrected chi connectivity index (χ0v) is 8.48. The molecule has 2 nitrogen and oxygen atoms in total. The van der Waals surface area contributed by atoms with Gasteiger partial charge in [0.1, 0.15) is 5.75 Å². The van der Waals surface area contributed by atoms with Crippen molar-refractivity contribution in [3.8, 4) is 5.75 Å². The van der Waals surface area contributed by atoms with Crippen LogP contribution in [0, 0.1) is 0 Å². The molecule has 0 atom stereocenters. The summed E-state index contributed by atoms with van der Waals surface area (Å²) in [6.45, 7) is 0.340. The van der Waals surface area contributed by atoms with Gasteiger partial charge in [-0.1, -0.05) is 0 Å². The van der Waals surface area contributed by atoms with Crippen molar-refractivity contribution in [2.45, 2.75) is 12.7 Å². The summed E-state index contributed by atoms with van der Waals surface area (Å²) in [4.78, 5) is 0. The van der Waals surface area contributed by atoms with Gasteiger partial charge in [-0.15, -0.1) is 0 Å². The first-order valence-electron chi connectivity index (χ1n) is 4.37. The Hall–Kier alpha value is -1.23. The van der Waals surface area contributed by atoms with E-state index in [1.807, 2.05) is 0 Å². The monoisotopic (exact) mass is 219 g/mol. The summed E-state index contributed by atoms with van der Waals surface area (Å²) in [5, 5.41) is 2.79. The van der Waals surface area contributed by atoms with Gasteiger partial charge in [-0.2, -0.15) is 13.2 Å². The standard InChI is InChI=1S/C10H12F3NO/c1-14-6-7-5-8(10(11,12)13)3-4-9(7)15-2/h3-5,14H,6H2,1-2H3. The van der Waals surface area contributed by atoms with Crippen LogP contribution in [-0.4, -0.2) is 14.2 Å². The smallest absolute Gasteiger partial charge is 0.416 e. The molecule has 0 radical (unpaired) electrons. The highest BCUT2D eigenvalue weighted by atomic mass is 19.4. The van der Waals surface area contributed by atoms with Crippen molar-refractivity contribution in [3.63, 3.8) is 0 Å². The Morgan fingerprint density at radius 1 is 1.33 bits per heavy atom. The molecular formula is C10H12F3NO. The average molecular weight is 219 g/mol. The molecule has 1 aromatic carbocycles. The molecule has 0 aliphatic heterocycles. The lowest BCUT2D eigenvalue weighted by Gasteiger charge is -2.12. The van der Waals surface area contributed by atoms with E-state index in [9.17, 15) is 13.2 Å². The van der Waals surface area contributed by atoms with Crippen LogP contribution in [0.3, 0.4) is 0 Å². The highest BCUT2D eigenvalue weighted by molar-refractivity contribution is 5.38. The van der Waals surface area contributed by atoms with Crippen molar-refractivity contribution in [1.82, 2.24) is 5.32 Å². The van der Waals surface area contributed by atoms with E-state index in [-0.39, 0.29) is 0 Å². The molecule has 0 saturated heterocycles. The minimum atomic E-state index is -4.31. The van der Waals surface area contributed by atoms with E-state index < -0.39 is 11.7 Å². The summed E-state index contributed by atoms with van der Waals surface area (Å²) in [5.41, 5.74) is -0.164. The van der Waals surface area contributed by atoms with Gasteiger partial charge >= 0.3 is 6.18 Å². The van der Waals surface area contributed by atoms with Gasteiger partial charge in [-0.3, -0.25) is 0 Å². The molecule has 0 heterocycles. The number of alkyl halides is 3. The molecule has 0 aromatic heterocycles. The van der Waals surface area contributed by atoms with E-state index in [1.54, 1.807) is 7.05 Å². The molecule has 0 unspecified atom stereocenters. The first-order chi connectivity index (χ1) is 6.99. The predicted molar refractivity (Wildman–Crippen MR) is 50.8 cm³/mol. The molecule has 1 N–H and O–H groups in total. The summed E-state index contributed by atoms with van der Waals surface area (Å²) < 4.78 is 42.1. The summed E-state index contributed by atoms with van der Waals surface area (Å²) in [5.74, 6) is 0.456. The van der Waals surface area contributed by atoms with E-state index in [2.05, 4.69) is 5.32 Å². The van der Waals surface area contributed by atoms with Gasteiger partial charge in [0, 0.05) is 12.1 Å². The van der Waals surface area contributed by atoms with Crippen LogP contribution in [0.15, 0.2) is 18.2 Å². The van der Waals surface area contributed by atoms with E-state index >= 15 is 0 Å². The van der Waals surface area contributed by atoms with Crippen LogP contribution < -0.4 is 10.1 Å². The first-order valence-corrected chi connectivity index (χ1v) is 4.37. The van der Waals surface area contributed by atoms with E-state index in [0.717, 1.165) is 12.1 Å². The number of ether oxygens (including phenoxy) is 1. The van der Waals surface area contributed by atoms with Crippen LogP contribution in [0.1, 0.15) is 11.1 Å². The highest BCUT2D eigenvalue weighted by Gasteiger charge is 2.30. The maximum absolute atomic E-state index is 12.4. The number of rotatable bonds is 3. The first kappa shape index (κ1) is 11.8. The minimum Gasteiger partial charge on any atom is -0.496 e. The van der Waals surface area contributed by atoms with Crippen molar-refractivity contribution in [3.05, 3.63) is 29.3 Å². The summed E-state index contributed by atoms with van der Waals surface area (Å²) in [7, 11) is 3.10. The van der Waals surface area contributed by atoms with E-state index in [1.165, 1.54) is 13.2 Å². The van der Waals surface area contributed by atoms with E-state index in [0.29, 0.717) is 17.9 Å². The molecule has 0 aliphatic rings. The van der Waals surface area contributed by atoms with Gasteiger partial charge in [0.15, 0.2) is 0 Å². The van der Waals surface area contributed by atoms with Crippen molar-refractivity contribution < 1.29 is 17.9 Å². The number of hydrogen-bond acceptors (Lipinski definition) is 2. The second kappa shape index (κ2) is 4.53. The molecule has 1 aromatic rings. The van der Waals surface area contributed by atoms with Gasteiger partial charge in [-0.05, 0) is 25.2 Å². The summed E-state index contributed by atoms with van der Waals surface area (Å²) >= 11 is 0. The molecular weight excluding hydrogens is 207 g/mol. The number of benzene rings is 1. The maximum atomic E-state index is 12.4. The van der Waals surface area contributed by atoms with Crippen molar-refractivity contribution in [1.29, 1.82) is 0 Å². The topological polar surface area (TPSA) is 21.3 Å².